The number of nitrogens with zero attached hydrogens (tertiary/aromatic N) is 4. The maximum absolute atomic E-state index is 12.1. The van der Waals surface area contributed by atoms with Crippen LogP contribution in [-0.2, 0) is 23.6 Å². The van der Waals surface area contributed by atoms with Crippen molar-refractivity contribution in [1.82, 2.24) is 24.3 Å². The maximum atomic E-state index is 12.1. The van der Waals surface area contributed by atoms with Crippen LogP contribution in [0.15, 0.2) is 23.5 Å². The van der Waals surface area contributed by atoms with E-state index in [4.69, 9.17) is 0 Å². The van der Waals surface area contributed by atoms with Crippen molar-refractivity contribution >= 4 is 10.0 Å². The topological polar surface area (TPSA) is 81.8 Å². The summed E-state index contributed by atoms with van der Waals surface area (Å²) in [4.78, 5) is 0.231. The molecule has 2 aromatic rings. The van der Waals surface area contributed by atoms with Gasteiger partial charge < -0.3 is 0 Å². The molecule has 0 fully saturated rings. The summed E-state index contributed by atoms with van der Waals surface area (Å²) in [6.45, 7) is 4.70. The number of nitrogens with one attached hydrogen (secondary N) is 1. The number of aryl methyl sites for hydroxylation is 4. The molecule has 0 unspecified atom stereocenters. The fourth-order valence-electron chi connectivity index (χ4n) is 1.96. The van der Waals surface area contributed by atoms with Gasteiger partial charge in [-0.1, -0.05) is 0 Å². The summed E-state index contributed by atoms with van der Waals surface area (Å²) in [5.74, 6) is 0. The van der Waals surface area contributed by atoms with Crippen molar-refractivity contribution < 1.29 is 8.42 Å². The third-order valence-corrected chi connectivity index (χ3v) is 4.44. The van der Waals surface area contributed by atoms with Crippen LogP contribution in [0.4, 0.5) is 0 Å². The van der Waals surface area contributed by atoms with Gasteiger partial charge in [0.1, 0.15) is 4.90 Å². The highest BCUT2D eigenvalue weighted by Gasteiger charge is 2.18. The first kappa shape index (κ1) is 14.7. The Morgan fingerprint density at radius 2 is 2.05 bits per heavy atom. The monoisotopic (exact) mass is 297 g/mol. The predicted octanol–water partition coefficient (Wildman–Crippen LogP) is 0.602. The van der Waals surface area contributed by atoms with Crippen molar-refractivity contribution in [2.75, 3.05) is 6.54 Å². The van der Waals surface area contributed by atoms with Crippen LogP contribution in [0.3, 0.4) is 0 Å². The minimum atomic E-state index is -3.48. The summed E-state index contributed by atoms with van der Waals surface area (Å²) in [5.41, 5.74) is 1.60. The lowest BCUT2D eigenvalue weighted by molar-refractivity contribution is 0.552. The molecule has 0 spiro atoms. The Morgan fingerprint density at radius 3 is 2.60 bits per heavy atom. The first-order valence-corrected chi connectivity index (χ1v) is 7.86. The molecule has 0 aliphatic heterocycles. The fourth-order valence-corrected chi connectivity index (χ4v) is 3.25. The summed E-state index contributed by atoms with van der Waals surface area (Å²) in [7, 11) is -1.78. The highest BCUT2D eigenvalue weighted by Crippen LogP contribution is 2.12. The second-order valence-electron chi connectivity index (χ2n) is 4.78. The third-order valence-electron chi connectivity index (χ3n) is 2.88. The van der Waals surface area contributed by atoms with Crippen molar-refractivity contribution in [3.63, 3.8) is 0 Å². The van der Waals surface area contributed by atoms with Gasteiger partial charge in [-0.05, 0) is 25.8 Å². The van der Waals surface area contributed by atoms with E-state index in [1.54, 1.807) is 24.9 Å². The number of sulfonamides is 1. The molecule has 0 aromatic carbocycles. The molecule has 8 heteroatoms. The van der Waals surface area contributed by atoms with Gasteiger partial charge in [0.25, 0.3) is 0 Å². The maximum Gasteiger partial charge on any atom is 0.243 e. The normalized spacial score (nSPS) is 11.9. The van der Waals surface area contributed by atoms with Gasteiger partial charge in [-0.25, -0.2) is 13.1 Å². The first-order valence-electron chi connectivity index (χ1n) is 6.37. The number of aromatic nitrogens is 4. The molecule has 20 heavy (non-hydrogen) atoms. The summed E-state index contributed by atoms with van der Waals surface area (Å²) in [6, 6.07) is 0. The van der Waals surface area contributed by atoms with Crippen molar-refractivity contribution in [3.05, 3.63) is 29.8 Å². The van der Waals surface area contributed by atoms with Gasteiger partial charge >= 0.3 is 0 Å². The van der Waals surface area contributed by atoms with Crippen LogP contribution < -0.4 is 4.72 Å². The quantitative estimate of drug-likeness (QED) is 0.792. The molecule has 0 amide bonds. The van der Waals surface area contributed by atoms with Gasteiger partial charge in [-0.3, -0.25) is 9.36 Å². The van der Waals surface area contributed by atoms with Crippen LogP contribution in [0.25, 0.3) is 0 Å². The van der Waals surface area contributed by atoms with Crippen LogP contribution in [0, 0.1) is 13.8 Å². The molecule has 0 saturated heterocycles. The van der Waals surface area contributed by atoms with Crippen LogP contribution in [-0.4, -0.2) is 34.5 Å². The van der Waals surface area contributed by atoms with Gasteiger partial charge in [-0.15, -0.1) is 0 Å². The largest absolute Gasteiger partial charge is 0.274 e. The second kappa shape index (κ2) is 5.76. The summed E-state index contributed by atoms with van der Waals surface area (Å²) in [5, 5.41) is 8.19. The predicted molar refractivity (Wildman–Crippen MR) is 74.7 cm³/mol. The summed E-state index contributed by atoms with van der Waals surface area (Å²) in [6.07, 6.45) is 5.90. The van der Waals surface area contributed by atoms with Gasteiger partial charge in [0, 0.05) is 32.5 Å². The molecule has 0 bridgehead atoms. The lowest BCUT2D eigenvalue weighted by Crippen LogP contribution is -2.26. The molecular formula is C12H19N5O2S. The van der Waals surface area contributed by atoms with E-state index in [1.807, 2.05) is 13.1 Å². The molecule has 2 heterocycles. The van der Waals surface area contributed by atoms with E-state index in [0.29, 0.717) is 25.2 Å². The SMILES string of the molecule is Cc1cnn(CCCNS(=O)(=O)c2cn(C)nc2C)c1. The van der Waals surface area contributed by atoms with Gasteiger partial charge in [0.2, 0.25) is 10.0 Å². The lowest BCUT2D eigenvalue weighted by Gasteiger charge is -2.05. The smallest absolute Gasteiger partial charge is 0.243 e. The zero-order valence-electron chi connectivity index (χ0n) is 11.9. The van der Waals surface area contributed by atoms with Gasteiger partial charge in [0.15, 0.2) is 0 Å². The molecule has 0 aliphatic rings. The molecule has 110 valence electrons. The zero-order chi connectivity index (χ0) is 14.8. The Hall–Kier alpha value is -1.67. The first-order chi connectivity index (χ1) is 9.38. The number of hydrogen-bond donors (Lipinski definition) is 1. The minimum Gasteiger partial charge on any atom is -0.274 e. The number of hydrogen-bond acceptors (Lipinski definition) is 4. The average Bonchev–Trinajstić information content (AvgIpc) is 2.91. The van der Waals surface area contributed by atoms with Crippen molar-refractivity contribution in [2.24, 2.45) is 7.05 Å². The van der Waals surface area contributed by atoms with Crippen LogP contribution in [0.2, 0.25) is 0 Å². The van der Waals surface area contributed by atoms with Gasteiger partial charge in [-0.2, -0.15) is 10.2 Å². The zero-order valence-corrected chi connectivity index (χ0v) is 12.7. The molecule has 1 N–H and O–H groups in total. The molecule has 0 saturated carbocycles. The van der Waals surface area contributed by atoms with Crippen molar-refractivity contribution in [3.8, 4) is 0 Å². The summed E-state index contributed by atoms with van der Waals surface area (Å²) < 4.78 is 30.1. The van der Waals surface area contributed by atoms with E-state index < -0.39 is 10.0 Å². The Kier molecular flexibility index (Phi) is 4.24. The third kappa shape index (κ3) is 3.45. The highest BCUT2D eigenvalue weighted by atomic mass is 32.2. The van der Waals surface area contributed by atoms with Gasteiger partial charge in [0.05, 0.1) is 11.9 Å². The van der Waals surface area contributed by atoms with E-state index >= 15 is 0 Å². The van der Waals surface area contributed by atoms with E-state index in [2.05, 4.69) is 14.9 Å². The molecular weight excluding hydrogens is 278 g/mol. The molecule has 0 radical (unpaired) electrons. The minimum absolute atomic E-state index is 0.231. The molecule has 7 nitrogen and oxygen atoms in total. The molecule has 0 aliphatic carbocycles. The van der Waals surface area contributed by atoms with Crippen molar-refractivity contribution in [2.45, 2.75) is 31.7 Å². The van der Waals surface area contributed by atoms with E-state index in [9.17, 15) is 8.42 Å². The Balaban J connectivity index is 1.88. The lowest BCUT2D eigenvalue weighted by atomic mass is 10.4. The van der Waals surface area contributed by atoms with Crippen LogP contribution in [0.1, 0.15) is 17.7 Å². The molecule has 2 aromatic heterocycles. The Labute approximate surface area is 118 Å². The van der Waals surface area contributed by atoms with E-state index in [-0.39, 0.29) is 4.90 Å². The number of rotatable bonds is 6. The Bertz CT molecular complexity index is 687. The van der Waals surface area contributed by atoms with Crippen LogP contribution >= 0.6 is 0 Å². The van der Waals surface area contributed by atoms with Crippen molar-refractivity contribution in [1.29, 1.82) is 0 Å². The second-order valence-corrected chi connectivity index (χ2v) is 6.52. The average molecular weight is 297 g/mol. The molecule has 0 atom stereocenters. The van der Waals surface area contributed by atoms with Crippen LogP contribution in [0.5, 0.6) is 0 Å². The van der Waals surface area contributed by atoms with E-state index in [1.165, 1.54) is 10.9 Å². The van der Waals surface area contributed by atoms with E-state index in [0.717, 1.165) is 5.56 Å². The summed E-state index contributed by atoms with van der Waals surface area (Å²) >= 11 is 0. The standard InChI is InChI=1S/C12H19N5O2S/c1-10-7-13-17(8-10)6-4-5-14-20(18,19)12-9-16(3)15-11(12)2/h7-9,14H,4-6H2,1-3H3. The molecule has 2 rings (SSSR count). The fraction of sp³-hybridized carbons (Fsp3) is 0.500. The highest BCUT2D eigenvalue weighted by molar-refractivity contribution is 7.89. The Morgan fingerprint density at radius 1 is 1.30 bits per heavy atom.